The molecular weight excluding hydrogens is 406 g/mol. The van der Waals surface area contributed by atoms with Crippen LogP contribution in [-0.4, -0.2) is 31.8 Å². The van der Waals surface area contributed by atoms with Crippen LogP contribution < -0.4 is 15.5 Å². The van der Waals surface area contributed by atoms with Crippen molar-refractivity contribution in [1.82, 2.24) is 19.7 Å². The Morgan fingerprint density at radius 2 is 2.12 bits per heavy atom. The first-order valence-corrected chi connectivity index (χ1v) is 9.93. The molecule has 2 N–H and O–H groups in total. The largest absolute Gasteiger partial charge is 0.467 e. The van der Waals surface area contributed by atoms with Crippen molar-refractivity contribution < 1.29 is 4.74 Å². The highest BCUT2D eigenvalue weighted by Gasteiger charge is 2.26. The van der Waals surface area contributed by atoms with Crippen molar-refractivity contribution in [2.45, 2.75) is 20.0 Å². The molecule has 1 aromatic carbocycles. The van der Waals surface area contributed by atoms with Gasteiger partial charge in [-0.1, -0.05) is 17.7 Å². The standard InChI is InChI=1S/C22H19N9O/c1-12-6-7-16-14(9-12)13(2)32-22-20(24)25-11-15(27-22)19-17(10-23)30(3)29-21(19)28-18-5-4-8-26-31(16)18/h4-9,11,13H,1-3H3,(H2,24,25)/t13-/m1/s1. The van der Waals surface area contributed by atoms with Crippen molar-refractivity contribution >= 4 is 29.4 Å². The molecule has 0 amide bonds. The maximum Gasteiger partial charge on any atom is 0.258 e. The summed E-state index contributed by atoms with van der Waals surface area (Å²) >= 11 is 0. The number of rotatable bonds is 0. The van der Waals surface area contributed by atoms with E-state index in [2.05, 4.69) is 26.2 Å². The number of aromatic nitrogens is 4. The van der Waals surface area contributed by atoms with Crippen molar-refractivity contribution in [1.29, 1.82) is 5.26 Å². The summed E-state index contributed by atoms with van der Waals surface area (Å²) in [7, 11) is 1.68. The number of anilines is 2. The molecule has 2 aromatic heterocycles. The number of ether oxygens (including phenoxy) is 1. The molecule has 0 radical (unpaired) electrons. The Labute approximate surface area is 184 Å². The Balaban J connectivity index is 1.85. The second-order valence-corrected chi connectivity index (χ2v) is 7.46. The predicted octanol–water partition coefficient (Wildman–Crippen LogP) is 3.19. The second-order valence-electron chi connectivity index (χ2n) is 7.46. The van der Waals surface area contributed by atoms with Crippen LogP contribution in [0.3, 0.4) is 0 Å². The number of aryl methyl sites for hydroxylation is 2. The number of nitrogens with two attached hydrogens (primary N) is 1. The smallest absolute Gasteiger partial charge is 0.258 e. The van der Waals surface area contributed by atoms with Gasteiger partial charge in [-0.2, -0.15) is 15.5 Å². The van der Waals surface area contributed by atoms with E-state index in [1.54, 1.807) is 24.3 Å². The minimum absolute atomic E-state index is 0.152. The van der Waals surface area contributed by atoms with E-state index in [1.807, 2.05) is 38.1 Å². The summed E-state index contributed by atoms with van der Waals surface area (Å²) in [5, 5.41) is 20.5. The first kappa shape index (κ1) is 19.4. The summed E-state index contributed by atoms with van der Waals surface area (Å²) in [6.45, 7) is 3.92. The van der Waals surface area contributed by atoms with Gasteiger partial charge in [-0.25, -0.2) is 20.0 Å². The van der Waals surface area contributed by atoms with Gasteiger partial charge < -0.3 is 10.5 Å². The fourth-order valence-corrected chi connectivity index (χ4v) is 3.71. The molecule has 2 bridgehead atoms. The zero-order valence-electron chi connectivity index (χ0n) is 17.7. The third kappa shape index (κ3) is 3.07. The van der Waals surface area contributed by atoms with Crippen molar-refractivity contribution in [3.63, 3.8) is 0 Å². The molecule has 10 heteroatoms. The predicted molar refractivity (Wildman–Crippen MR) is 121 cm³/mol. The molecule has 0 saturated carbocycles. The molecule has 5 rings (SSSR count). The molecule has 3 aromatic rings. The van der Waals surface area contributed by atoms with E-state index in [4.69, 9.17) is 15.5 Å². The average molecular weight is 425 g/mol. The second kappa shape index (κ2) is 7.31. The molecule has 2 aliphatic heterocycles. The van der Waals surface area contributed by atoms with Crippen LogP contribution in [0.5, 0.6) is 5.88 Å². The van der Waals surface area contributed by atoms with Crippen LogP contribution in [0, 0.1) is 18.3 Å². The van der Waals surface area contributed by atoms with E-state index in [1.165, 1.54) is 10.9 Å². The third-order valence-electron chi connectivity index (χ3n) is 5.25. The highest BCUT2D eigenvalue weighted by Crippen LogP contribution is 2.37. The Morgan fingerprint density at radius 3 is 2.94 bits per heavy atom. The number of nitrogens with zero attached hydrogens (tertiary/aromatic N) is 8. The maximum absolute atomic E-state index is 9.76. The Hall–Kier alpha value is -4.52. The molecule has 0 aliphatic carbocycles. The number of nitriles is 1. The van der Waals surface area contributed by atoms with Gasteiger partial charge in [0.15, 0.2) is 17.5 Å². The SMILES string of the molecule is Cc1ccc2c(c1)[C@@H](C)Oc1nc(cnc1N)-c1c(nn(C)c1C#N)N=C1C=CC=NN12. The highest BCUT2D eigenvalue weighted by atomic mass is 16.5. The van der Waals surface area contributed by atoms with Crippen molar-refractivity contribution in [3.05, 3.63) is 53.4 Å². The Bertz CT molecular complexity index is 1380. The van der Waals surface area contributed by atoms with Crippen molar-refractivity contribution in [2.24, 2.45) is 17.1 Å². The van der Waals surface area contributed by atoms with Gasteiger partial charge in [-0.3, -0.25) is 4.68 Å². The Kier molecular flexibility index (Phi) is 4.44. The van der Waals surface area contributed by atoms with Crippen molar-refractivity contribution in [2.75, 3.05) is 10.7 Å². The molecule has 32 heavy (non-hydrogen) atoms. The average Bonchev–Trinajstić information content (AvgIpc) is 3.09. The van der Waals surface area contributed by atoms with Gasteiger partial charge in [0.2, 0.25) is 0 Å². The minimum Gasteiger partial charge on any atom is -0.467 e. The van der Waals surface area contributed by atoms with Crippen LogP contribution in [0.4, 0.5) is 17.3 Å². The van der Waals surface area contributed by atoms with E-state index in [0.717, 1.165) is 16.8 Å². The molecule has 0 unspecified atom stereocenters. The number of hydrazone groups is 1. The summed E-state index contributed by atoms with van der Waals surface area (Å²) in [5.41, 5.74) is 9.96. The summed E-state index contributed by atoms with van der Waals surface area (Å²) in [4.78, 5) is 13.6. The lowest BCUT2D eigenvalue weighted by atomic mass is 10.0. The summed E-state index contributed by atoms with van der Waals surface area (Å²) in [6, 6.07) is 8.17. The van der Waals surface area contributed by atoms with Crippen LogP contribution in [0.15, 0.2) is 46.6 Å². The zero-order valence-corrected chi connectivity index (χ0v) is 17.7. The number of nitrogen functional groups attached to an aromatic ring is 1. The van der Waals surface area contributed by atoms with E-state index in [-0.39, 0.29) is 11.7 Å². The van der Waals surface area contributed by atoms with Gasteiger partial charge >= 0.3 is 0 Å². The lowest BCUT2D eigenvalue weighted by Gasteiger charge is -2.26. The molecule has 2 aliphatic rings. The molecule has 1 atom stereocenters. The Morgan fingerprint density at radius 1 is 1.28 bits per heavy atom. The number of hydrogen-bond acceptors (Lipinski definition) is 9. The van der Waals surface area contributed by atoms with Crippen LogP contribution >= 0.6 is 0 Å². The van der Waals surface area contributed by atoms with Crippen molar-refractivity contribution in [3.8, 4) is 23.2 Å². The van der Waals surface area contributed by atoms with E-state index in [9.17, 15) is 5.26 Å². The van der Waals surface area contributed by atoms with Gasteiger partial charge in [0.25, 0.3) is 5.88 Å². The first-order chi connectivity index (χ1) is 15.5. The monoisotopic (exact) mass is 425 g/mol. The lowest BCUT2D eigenvalue weighted by molar-refractivity contribution is 0.219. The van der Waals surface area contributed by atoms with Gasteiger partial charge in [0, 0.05) is 18.8 Å². The quantitative estimate of drug-likeness (QED) is 0.585. The summed E-state index contributed by atoms with van der Waals surface area (Å²) in [5.74, 6) is 1.18. The molecule has 0 saturated heterocycles. The number of aliphatic imine (C=N–C) groups is 1. The zero-order chi connectivity index (χ0) is 22.4. The normalized spacial score (nSPS) is 16.5. The lowest BCUT2D eigenvalue weighted by Crippen LogP contribution is -2.28. The maximum atomic E-state index is 9.76. The highest BCUT2D eigenvalue weighted by molar-refractivity contribution is 6.11. The van der Waals surface area contributed by atoms with E-state index in [0.29, 0.717) is 28.6 Å². The van der Waals surface area contributed by atoms with Crippen LogP contribution in [0.2, 0.25) is 0 Å². The van der Waals surface area contributed by atoms with Gasteiger partial charge in [0.05, 0.1) is 23.1 Å². The fourth-order valence-electron chi connectivity index (χ4n) is 3.71. The van der Waals surface area contributed by atoms with Crippen LogP contribution in [-0.2, 0) is 7.05 Å². The number of allylic oxidation sites excluding steroid dienone is 1. The molecule has 0 spiro atoms. The van der Waals surface area contributed by atoms with Gasteiger partial charge in [-0.05, 0) is 32.1 Å². The fraction of sp³-hybridized carbons (Fsp3) is 0.182. The van der Waals surface area contributed by atoms with E-state index >= 15 is 0 Å². The molecule has 0 fully saturated rings. The van der Waals surface area contributed by atoms with Crippen LogP contribution in [0.1, 0.15) is 29.8 Å². The molecule has 10 nitrogen and oxygen atoms in total. The molecular formula is C22H19N9O. The number of fused-ring (bicyclic) bond motifs is 7. The minimum atomic E-state index is -0.415. The number of hydrogen-bond donors (Lipinski definition) is 1. The topological polar surface area (TPSA) is 131 Å². The molecule has 158 valence electrons. The third-order valence-corrected chi connectivity index (χ3v) is 5.25. The molecule has 4 heterocycles. The van der Waals surface area contributed by atoms with Crippen LogP contribution in [0.25, 0.3) is 11.3 Å². The van der Waals surface area contributed by atoms with E-state index < -0.39 is 6.10 Å². The summed E-state index contributed by atoms with van der Waals surface area (Å²) in [6.07, 6.45) is 6.39. The first-order valence-electron chi connectivity index (χ1n) is 9.93. The number of amidine groups is 1. The number of benzene rings is 1. The summed E-state index contributed by atoms with van der Waals surface area (Å²) < 4.78 is 7.63. The van der Waals surface area contributed by atoms with Gasteiger partial charge in [0.1, 0.15) is 17.9 Å². The van der Waals surface area contributed by atoms with Gasteiger partial charge in [-0.15, -0.1) is 0 Å².